The molecule has 2 rings (SSSR count). The summed E-state index contributed by atoms with van der Waals surface area (Å²) in [6.45, 7) is 2.92. The van der Waals surface area contributed by atoms with Crippen molar-refractivity contribution in [2.24, 2.45) is 5.92 Å². The second-order valence-corrected chi connectivity index (χ2v) is 6.13. The first kappa shape index (κ1) is 13.9. The van der Waals surface area contributed by atoms with Gasteiger partial charge in [0.2, 0.25) is 0 Å². The third kappa shape index (κ3) is 3.72. The minimum atomic E-state index is 0.423. The van der Waals surface area contributed by atoms with Crippen LogP contribution in [0.15, 0.2) is 22.7 Å². The van der Waals surface area contributed by atoms with E-state index in [0.29, 0.717) is 12.7 Å². The van der Waals surface area contributed by atoms with Crippen LogP contribution in [0, 0.1) is 5.92 Å². The monoisotopic (exact) mass is 311 g/mol. The van der Waals surface area contributed by atoms with Gasteiger partial charge in [0.15, 0.2) is 0 Å². The zero-order valence-corrected chi connectivity index (χ0v) is 12.6. The Labute approximate surface area is 118 Å². The first-order valence-corrected chi connectivity index (χ1v) is 7.63. The average Bonchev–Trinajstić information content (AvgIpc) is 2.38. The maximum Gasteiger partial charge on any atom is 0.0740 e. The van der Waals surface area contributed by atoms with E-state index in [0.717, 1.165) is 21.6 Å². The summed E-state index contributed by atoms with van der Waals surface area (Å²) in [4.78, 5) is 0. The molecule has 2 unspecified atom stereocenters. The van der Waals surface area contributed by atoms with Gasteiger partial charge in [-0.15, -0.1) is 0 Å². The van der Waals surface area contributed by atoms with Gasteiger partial charge in [-0.25, -0.2) is 0 Å². The third-order valence-corrected chi connectivity index (χ3v) is 4.39. The number of nitrogen functional groups attached to an aromatic ring is 1. The molecule has 0 amide bonds. The Morgan fingerprint density at radius 3 is 2.94 bits per heavy atom. The van der Waals surface area contributed by atoms with Crippen molar-refractivity contribution in [3.05, 3.63) is 28.2 Å². The molecular weight excluding hydrogens is 290 g/mol. The average molecular weight is 312 g/mol. The van der Waals surface area contributed by atoms with Crippen LogP contribution in [0.4, 0.5) is 5.69 Å². The predicted octanol–water partition coefficient (Wildman–Crippen LogP) is 4.52. The van der Waals surface area contributed by atoms with E-state index >= 15 is 0 Å². The molecule has 1 aromatic rings. The Kier molecular flexibility index (Phi) is 5.07. The lowest BCUT2D eigenvalue weighted by atomic mass is 9.85. The molecule has 100 valence electrons. The highest BCUT2D eigenvalue weighted by Crippen LogP contribution is 2.29. The third-order valence-electron chi connectivity index (χ3n) is 3.89. The van der Waals surface area contributed by atoms with Crippen LogP contribution in [-0.4, -0.2) is 6.10 Å². The molecular formula is C15H22BrNO. The highest BCUT2D eigenvalue weighted by atomic mass is 79.9. The number of hydrogen-bond donors (Lipinski definition) is 1. The van der Waals surface area contributed by atoms with Crippen molar-refractivity contribution >= 4 is 21.6 Å². The molecule has 1 aliphatic rings. The van der Waals surface area contributed by atoms with Gasteiger partial charge in [0.1, 0.15) is 0 Å². The molecule has 1 fully saturated rings. The van der Waals surface area contributed by atoms with Gasteiger partial charge in [0.05, 0.1) is 12.7 Å². The normalized spacial score (nSPS) is 24.1. The van der Waals surface area contributed by atoms with Crippen LogP contribution in [0.25, 0.3) is 0 Å². The minimum absolute atomic E-state index is 0.423. The van der Waals surface area contributed by atoms with Crippen molar-refractivity contribution in [2.45, 2.75) is 51.7 Å². The highest BCUT2D eigenvalue weighted by molar-refractivity contribution is 9.10. The zero-order chi connectivity index (χ0) is 13.0. The summed E-state index contributed by atoms with van der Waals surface area (Å²) in [6, 6.07) is 6.00. The molecule has 1 aliphatic carbocycles. The van der Waals surface area contributed by atoms with Crippen molar-refractivity contribution in [3.63, 3.8) is 0 Å². The number of ether oxygens (including phenoxy) is 1. The molecule has 0 spiro atoms. The van der Waals surface area contributed by atoms with Gasteiger partial charge in [-0.1, -0.05) is 48.2 Å². The molecule has 0 aromatic heterocycles. The van der Waals surface area contributed by atoms with Gasteiger partial charge in [-0.2, -0.15) is 0 Å². The van der Waals surface area contributed by atoms with Gasteiger partial charge in [0, 0.05) is 15.7 Å². The molecule has 0 radical (unpaired) electrons. The van der Waals surface area contributed by atoms with Crippen LogP contribution < -0.4 is 5.73 Å². The maximum absolute atomic E-state index is 6.03. The van der Waals surface area contributed by atoms with Crippen LogP contribution in [0.1, 0.15) is 44.6 Å². The van der Waals surface area contributed by atoms with E-state index in [9.17, 15) is 0 Å². The SMILES string of the molecule is CCC1CCCC(OCc2ccc(Br)cc2N)C1. The molecule has 0 bridgehead atoms. The second-order valence-electron chi connectivity index (χ2n) is 5.22. The van der Waals surface area contributed by atoms with E-state index in [4.69, 9.17) is 10.5 Å². The van der Waals surface area contributed by atoms with Crippen molar-refractivity contribution in [3.8, 4) is 0 Å². The summed E-state index contributed by atoms with van der Waals surface area (Å²) < 4.78 is 7.05. The van der Waals surface area contributed by atoms with E-state index in [1.54, 1.807) is 0 Å². The topological polar surface area (TPSA) is 35.2 Å². The summed E-state index contributed by atoms with van der Waals surface area (Å²) in [5.41, 5.74) is 7.89. The molecule has 2 atom stereocenters. The molecule has 0 heterocycles. The van der Waals surface area contributed by atoms with Crippen molar-refractivity contribution in [2.75, 3.05) is 5.73 Å². The lowest BCUT2D eigenvalue weighted by Gasteiger charge is -2.28. The quantitative estimate of drug-likeness (QED) is 0.830. The standard InChI is InChI=1S/C15H22BrNO/c1-2-11-4-3-5-14(8-11)18-10-12-6-7-13(16)9-15(12)17/h6-7,9,11,14H,2-5,8,10,17H2,1H3. The Morgan fingerprint density at radius 2 is 2.22 bits per heavy atom. The summed E-state index contributed by atoms with van der Waals surface area (Å²) in [6.07, 6.45) is 6.79. The van der Waals surface area contributed by atoms with Crippen LogP contribution in [0.2, 0.25) is 0 Å². The molecule has 2 nitrogen and oxygen atoms in total. The summed E-state index contributed by atoms with van der Waals surface area (Å²) in [5.74, 6) is 0.853. The predicted molar refractivity (Wildman–Crippen MR) is 79.4 cm³/mol. The smallest absolute Gasteiger partial charge is 0.0740 e. The number of rotatable bonds is 4. The Hall–Kier alpha value is -0.540. The van der Waals surface area contributed by atoms with Gasteiger partial charge >= 0.3 is 0 Å². The fourth-order valence-corrected chi connectivity index (χ4v) is 3.05. The van der Waals surface area contributed by atoms with E-state index in [-0.39, 0.29) is 0 Å². The van der Waals surface area contributed by atoms with E-state index in [1.165, 1.54) is 32.1 Å². The van der Waals surface area contributed by atoms with Crippen LogP contribution in [0.5, 0.6) is 0 Å². The Morgan fingerprint density at radius 1 is 1.39 bits per heavy atom. The Balaban J connectivity index is 1.87. The van der Waals surface area contributed by atoms with Gasteiger partial charge in [0.25, 0.3) is 0 Å². The number of nitrogens with two attached hydrogens (primary N) is 1. The molecule has 3 heteroatoms. The minimum Gasteiger partial charge on any atom is -0.398 e. The molecule has 0 aliphatic heterocycles. The van der Waals surface area contributed by atoms with E-state index < -0.39 is 0 Å². The fraction of sp³-hybridized carbons (Fsp3) is 0.600. The first-order chi connectivity index (χ1) is 8.69. The number of halogens is 1. The maximum atomic E-state index is 6.03. The number of benzene rings is 1. The zero-order valence-electron chi connectivity index (χ0n) is 11.0. The van der Waals surface area contributed by atoms with E-state index in [1.807, 2.05) is 18.2 Å². The number of anilines is 1. The van der Waals surface area contributed by atoms with Crippen LogP contribution in [-0.2, 0) is 11.3 Å². The van der Waals surface area contributed by atoms with Crippen molar-refractivity contribution in [1.82, 2.24) is 0 Å². The fourth-order valence-electron chi connectivity index (χ4n) is 2.67. The number of hydrogen-bond acceptors (Lipinski definition) is 2. The first-order valence-electron chi connectivity index (χ1n) is 6.84. The van der Waals surface area contributed by atoms with Crippen molar-refractivity contribution in [1.29, 1.82) is 0 Å². The molecule has 0 saturated heterocycles. The van der Waals surface area contributed by atoms with Gasteiger partial charge in [-0.05, 0) is 30.9 Å². The molecule has 1 aromatic carbocycles. The summed E-state index contributed by atoms with van der Waals surface area (Å²) >= 11 is 3.42. The Bertz CT molecular complexity index is 394. The second kappa shape index (κ2) is 6.58. The highest BCUT2D eigenvalue weighted by Gasteiger charge is 2.21. The van der Waals surface area contributed by atoms with Crippen LogP contribution >= 0.6 is 15.9 Å². The summed E-state index contributed by atoms with van der Waals surface area (Å²) in [7, 11) is 0. The molecule has 2 N–H and O–H groups in total. The van der Waals surface area contributed by atoms with Gasteiger partial charge in [-0.3, -0.25) is 0 Å². The largest absolute Gasteiger partial charge is 0.398 e. The molecule has 1 saturated carbocycles. The van der Waals surface area contributed by atoms with Crippen LogP contribution in [0.3, 0.4) is 0 Å². The van der Waals surface area contributed by atoms with Gasteiger partial charge < -0.3 is 10.5 Å². The van der Waals surface area contributed by atoms with Crippen molar-refractivity contribution < 1.29 is 4.74 Å². The lowest BCUT2D eigenvalue weighted by Crippen LogP contribution is -2.22. The lowest BCUT2D eigenvalue weighted by molar-refractivity contribution is 0.00201. The van der Waals surface area contributed by atoms with E-state index in [2.05, 4.69) is 22.9 Å². The summed E-state index contributed by atoms with van der Waals surface area (Å²) in [5, 5.41) is 0. The molecule has 18 heavy (non-hydrogen) atoms.